The van der Waals surface area contributed by atoms with Crippen LogP contribution < -0.4 is 10.1 Å². The Bertz CT molecular complexity index is 972. The second kappa shape index (κ2) is 7.54. The molecule has 1 unspecified atom stereocenters. The highest BCUT2D eigenvalue weighted by Crippen LogP contribution is 2.47. The molecule has 1 aliphatic carbocycles. The number of nitro groups is 1. The van der Waals surface area contributed by atoms with Gasteiger partial charge in [-0.05, 0) is 19.8 Å². The smallest absolute Gasteiger partial charge is 0.436 e. The van der Waals surface area contributed by atoms with Crippen molar-refractivity contribution in [1.29, 1.82) is 0 Å². The minimum Gasteiger partial charge on any atom is -0.496 e. The number of non-ortho nitro benzene ring substituents is 1. The van der Waals surface area contributed by atoms with Gasteiger partial charge in [-0.15, -0.1) is 0 Å². The van der Waals surface area contributed by atoms with Gasteiger partial charge in [0, 0.05) is 18.1 Å². The molecule has 1 fully saturated rings. The van der Waals surface area contributed by atoms with Crippen LogP contribution in [0.25, 0.3) is 0 Å². The second-order valence-electron chi connectivity index (χ2n) is 6.61. The lowest BCUT2D eigenvalue weighted by Crippen LogP contribution is -2.26. The van der Waals surface area contributed by atoms with E-state index >= 15 is 0 Å². The fourth-order valence-electron chi connectivity index (χ4n) is 2.86. The first-order valence-electron chi connectivity index (χ1n) is 8.52. The highest BCUT2D eigenvalue weighted by molar-refractivity contribution is 6.32. The van der Waals surface area contributed by atoms with Crippen molar-refractivity contribution in [2.24, 2.45) is 0 Å². The van der Waals surface area contributed by atoms with Gasteiger partial charge in [-0.3, -0.25) is 19.6 Å². The highest BCUT2D eigenvalue weighted by Gasteiger charge is 2.43. The third-order valence-corrected chi connectivity index (χ3v) is 4.84. The fourth-order valence-corrected chi connectivity index (χ4v) is 3.25. The van der Waals surface area contributed by atoms with Gasteiger partial charge in [0.15, 0.2) is 5.69 Å². The van der Waals surface area contributed by atoms with Crippen LogP contribution in [0.2, 0.25) is 5.02 Å². The Labute approximate surface area is 167 Å². The van der Waals surface area contributed by atoms with Gasteiger partial charge in [0.05, 0.1) is 34.5 Å². The lowest BCUT2D eigenvalue weighted by molar-refractivity contribution is -0.384. The molecule has 3 rings (SSSR count). The topological polar surface area (TPSA) is 99.3 Å². The van der Waals surface area contributed by atoms with Gasteiger partial charge in [-0.2, -0.15) is 18.3 Å². The Morgan fingerprint density at radius 2 is 2.07 bits per heavy atom. The first-order valence-corrected chi connectivity index (χ1v) is 8.90. The Morgan fingerprint density at radius 1 is 1.41 bits per heavy atom. The molecule has 8 nitrogen and oxygen atoms in total. The summed E-state index contributed by atoms with van der Waals surface area (Å²) in [5.41, 5.74) is -1.32. The number of nitrogens with zero attached hydrogens (tertiary/aromatic N) is 3. The van der Waals surface area contributed by atoms with Crippen LogP contribution in [0.4, 0.5) is 24.5 Å². The molecule has 1 aromatic carbocycles. The van der Waals surface area contributed by atoms with Crippen molar-refractivity contribution < 1.29 is 27.6 Å². The molecule has 0 aliphatic heterocycles. The summed E-state index contributed by atoms with van der Waals surface area (Å²) in [5, 5.41) is 16.5. The molecule has 1 aromatic heterocycles. The van der Waals surface area contributed by atoms with E-state index in [2.05, 4.69) is 10.4 Å². The van der Waals surface area contributed by atoms with E-state index in [1.807, 2.05) is 0 Å². The Hall–Kier alpha value is -2.82. The zero-order valence-corrected chi connectivity index (χ0v) is 16.0. The molecular formula is C17H16ClF3N4O4. The third-order valence-electron chi connectivity index (χ3n) is 4.47. The number of anilines is 1. The van der Waals surface area contributed by atoms with Crippen LogP contribution in [0.1, 0.15) is 43.1 Å². The van der Waals surface area contributed by atoms with Gasteiger partial charge in [0.1, 0.15) is 11.8 Å². The number of halogens is 4. The maximum absolute atomic E-state index is 13.2. The van der Waals surface area contributed by atoms with Gasteiger partial charge >= 0.3 is 6.18 Å². The van der Waals surface area contributed by atoms with E-state index < -0.39 is 33.8 Å². The monoisotopic (exact) mass is 432 g/mol. The van der Waals surface area contributed by atoms with Gasteiger partial charge in [-0.1, -0.05) is 11.6 Å². The Morgan fingerprint density at radius 3 is 2.59 bits per heavy atom. The average molecular weight is 433 g/mol. The van der Waals surface area contributed by atoms with Crippen LogP contribution in [0.5, 0.6) is 5.75 Å². The molecule has 1 heterocycles. The van der Waals surface area contributed by atoms with E-state index in [0.29, 0.717) is 12.8 Å². The number of amides is 1. The Balaban J connectivity index is 1.92. The van der Waals surface area contributed by atoms with Crippen LogP contribution >= 0.6 is 11.6 Å². The van der Waals surface area contributed by atoms with E-state index in [-0.39, 0.29) is 28.7 Å². The minimum atomic E-state index is -4.75. The van der Waals surface area contributed by atoms with Crippen LogP contribution in [-0.2, 0) is 11.0 Å². The molecule has 1 atom stereocenters. The molecule has 1 aliphatic rings. The van der Waals surface area contributed by atoms with Crippen molar-refractivity contribution in [3.05, 3.63) is 44.7 Å². The molecule has 0 bridgehead atoms. The number of carbonyl (C=O) groups is 1. The summed E-state index contributed by atoms with van der Waals surface area (Å²) in [4.78, 5) is 23.0. The van der Waals surface area contributed by atoms with E-state index in [0.717, 1.165) is 10.7 Å². The summed E-state index contributed by atoms with van der Waals surface area (Å²) in [6, 6.07) is 2.51. The number of alkyl halides is 3. The van der Waals surface area contributed by atoms with Gasteiger partial charge in [0.25, 0.3) is 5.69 Å². The number of benzene rings is 1. The summed E-state index contributed by atoms with van der Waals surface area (Å²) < 4.78 is 45.6. The molecule has 12 heteroatoms. The van der Waals surface area contributed by atoms with Crippen LogP contribution in [0, 0.1) is 10.1 Å². The van der Waals surface area contributed by atoms with Gasteiger partial charge < -0.3 is 10.1 Å². The summed E-state index contributed by atoms with van der Waals surface area (Å²) in [6.07, 6.45) is -3.45. The first kappa shape index (κ1) is 20.9. The number of rotatable bonds is 6. The Kier molecular flexibility index (Phi) is 5.44. The standard InChI is InChI=1S/C17H16ClF3N4O4/c1-8(16(26)22-10-5-11(25(27)28)7-12(6-10)29-2)24-14(9-3-4-9)13(18)15(23-24)17(19,20)21/h5-9H,3-4H2,1-2H3,(H,22,26). The van der Waals surface area contributed by atoms with Crippen molar-refractivity contribution in [2.75, 3.05) is 12.4 Å². The highest BCUT2D eigenvalue weighted by atomic mass is 35.5. The largest absolute Gasteiger partial charge is 0.496 e. The zero-order chi connectivity index (χ0) is 21.5. The van der Waals surface area contributed by atoms with Crippen molar-refractivity contribution in [2.45, 2.75) is 37.9 Å². The van der Waals surface area contributed by atoms with Crippen molar-refractivity contribution in [3.8, 4) is 5.75 Å². The molecule has 0 radical (unpaired) electrons. The molecule has 0 spiro atoms. The summed E-state index contributed by atoms with van der Waals surface area (Å²) in [7, 11) is 1.31. The molecule has 0 saturated heterocycles. The van der Waals surface area contributed by atoms with Crippen molar-refractivity contribution in [1.82, 2.24) is 9.78 Å². The SMILES string of the molecule is COc1cc(NC(=O)C(C)n2nc(C(F)(F)F)c(Cl)c2C2CC2)cc([N+](=O)[O-])c1. The van der Waals surface area contributed by atoms with Crippen LogP contribution in [0.15, 0.2) is 18.2 Å². The van der Waals surface area contributed by atoms with Crippen LogP contribution in [0.3, 0.4) is 0 Å². The maximum Gasteiger partial charge on any atom is 0.436 e. The number of carbonyl (C=O) groups excluding carboxylic acids is 1. The molecule has 1 N–H and O–H groups in total. The van der Waals surface area contributed by atoms with E-state index in [4.69, 9.17) is 16.3 Å². The summed E-state index contributed by atoms with van der Waals surface area (Å²) >= 11 is 5.93. The fraction of sp³-hybridized carbons (Fsp3) is 0.412. The predicted octanol–water partition coefficient (Wildman–Crippen LogP) is 4.55. The lowest BCUT2D eigenvalue weighted by Gasteiger charge is -2.16. The predicted molar refractivity (Wildman–Crippen MR) is 97.2 cm³/mol. The number of aromatic nitrogens is 2. The van der Waals surface area contributed by atoms with E-state index in [9.17, 15) is 28.1 Å². The van der Waals surface area contributed by atoms with Gasteiger partial charge in [0.2, 0.25) is 5.91 Å². The van der Waals surface area contributed by atoms with E-state index in [1.54, 1.807) is 0 Å². The van der Waals surface area contributed by atoms with E-state index in [1.165, 1.54) is 26.2 Å². The number of ether oxygens (including phenoxy) is 1. The first-order chi connectivity index (χ1) is 13.5. The number of methoxy groups -OCH3 is 1. The number of nitrogens with one attached hydrogen (secondary N) is 1. The molecule has 1 saturated carbocycles. The molecule has 29 heavy (non-hydrogen) atoms. The van der Waals surface area contributed by atoms with Gasteiger partial charge in [-0.25, -0.2) is 0 Å². The molecule has 2 aromatic rings. The number of nitro benzene ring substituents is 1. The molecular weight excluding hydrogens is 417 g/mol. The third kappa shape index (κ3) is 4.29. The zero-order valence-electron chi connectivity index (χ0n) is 15.3. The number of hydrogen-bond acceptors (Lipinski definition) is 5. The molecule has 1 amide bonds. The minimum absolute atomic E-state index is 0.0650. The van der Waals surface area contributed by atoms with Crippen molar-refractivity contribution in [3.63, 3.8) is 0 Å². The summed E-state index contributed by atoms with van der Waals surface area (Å²) in [6.45, 7) is 1.37. The van der Waals surface area contributed by atoms with Crippen molar-refractivity contribution >= 4 is 28.9 Å². The quantitative estimate of drug-likeness (QED) is 0.533. The normalized spacial score (nSPS) is 15.1. The second-order valence-corrected chi connectivity index (χ2v) is 6.98. The molecule has 156 valence electrons. The lowest BCUT2D eigenvalue weighted by atomic mass is 10.2. The maximum atomic E-state index is 13.2. The average Bonchev–Trinajstić information content (AvgIpc) is 3.41. The van der Waals surface area contributed by atoms with Crippen LogP contribution in [-0.4, -0.2) is 27.7 Å². The summed E-state index contributed by atoms with van der Waals surface area (Å²) in [5.74, 6) is -0.760. The number of hydrogen-bond donors (Lipinski definition) is 1.